The van der Waals surface area contributed by atoms with E-state index in [0.717, 1.165) is 0 Å². The molecule has 17 heavy (non-hydrogen) atoms. The largest absolute Gasteiger partial charge is 0.361 e. The van der Waals surface area contributed by atoms with E-state index in [-0.39, 0.29) is 11.0 Å². The van der Waals surface area contributed by atoms with Crippen LogP contribution in [0.5, 0.6) is 0 Å². The van der Waals surface area contributed by atoms with Gasteiger partial charge in [-0.25, -0.2) is 0 Å². The number of carbonyl (C=O) groups is 4. The van der Waals surface area contributed by atoms with Crippen molar-refractivity contribution in [1.29, 1.82) is 0 Å². The zero-order valence-corrected chi connectivity index (χ0v) is 11.3. The SMILES string of the molecule is NC(=O)S.NC(=O)S.NC(=O)S.NC(=O)S.[SiH4]. The molecule has 0 atom stereocenters. The maximum atomic E-state index is 9.09. The smallest absolute Gasteiger partial charge is 0.273 e. The van der Waals surface area contributed by atoms with Crippen molar-refractivity contribution in [2.45, 2.75) is 0 Å². The Morgan fingerprint density at radius 2 is 0.529 bits per heavy atom. The summed E-state index contributed by atoms with van der Waals surface area (Å²) < 4.78 is 0. The number of carbonyl (C=O) groups excluding carboxylic acids is 4. The first-order valence-electron chi connectivity index (χ1n) is 2.87. The predicted octanol–water partition coefficient (Wildman–Crippen LogP) is -1.47. The molecule has 0 spiro atoms. The third kappa shape index (κ3) is 11200. The molecule has 13 heteroatoms. The molecule has 0 aliphatic rings. The van der Waals surface area contributed by atoms with Gasteiger partial charge in [-0.05, 0) is 11.0 Å². The van der Waals surface area contributed by atoms with Crippen LogP contribution in [-0.2, 0) is 0 Å². The molecule has 0 rings (SSSR count). The molecule has 0 aromatic heterocycles. The van der Waals surface area contributed by atoms with Crippen molar-refractivity contribution in [2.24, 2.45) is 22.9 Å². The highest BCUT2D eigenvalue weighted by atomic mass is 32.1. The van der Waals surface area contributed by atoms with E-state index in [1.807, 2.05) is 0 Å². The molecular formula is C4H16N4O4S4Si. The van der Waals surface area contributed by atoms with E-state index >= 15 is 0 Å². The Hall–Kier alpha value is -0.503. The van der Waals surface area contributed by atoms with Gasteiger partial charge in [0.15, 0.2) is 0 Å². The minimum atomic E-state index is -0.639. The van der Waals surface area contributed by atoms with Crippen LogP contribution in [0.2, 0.25) is 0 Å². The lowest BCUT2D eigenvalue weighted by Crippen LogP contribution is -1.95. The molecule has 8 N–H and O–H groups in total. The zero-order valence-electron chi connectivity index (χ0n) is 7.73. The Kier molecular flexibility index (Phi) is 43.4. The Labute approximate surface area is 124 Å². The van der Waals surface area contributed by atoms with Gasteiger partial charge in [-0.1, -0.05) is 50.5 Å². The monoisotopic (exact) mass is 340 g/mol. The number of thiol groups is 4. The number of amides is 4. The van der Waals surface area contributed by atoms with Crippen molar-refractivity contribution in [2.75, 3.05) is 0 Å². The Balaban J connectivity index is -0.0000000369. The van der Waals surface area contributed by atoms with Gasteiger partial charge >= 0.3 is 0 Å². The fraction of sp³-hybridized carbons (Fsp3) is 0. The maximum absolute atomic E-state index is 9.09. The summed E-state index contributed by atoms with van der Waals surface area (Å²) in [5.41, 5.74) is 17.3. The molecule has 0 radical (unpaired) electrons. The normalized spacial score (nSPS) is 5.88. The van der Waals surface area contributed by atoms with Gasteiger partial charge in [0, 0.05) is 0 Å². The van der Waals surface area contributed by atoms with E-state index in [1.54, 1.807) is 0 Å². The van der Waals surface area contributed by atoms with E-state index in [2.05, 4.69) is 73.4 Å². The molecular weight excluding hydrogens is 324 g/mol. The van der Waals surface area contributed by atoms with E-state index in [9.17, 15) is 0 Å². The molecule has 0 aliphatic heterocycles. The minimum Gasteiger partial charge on any atom is -0.361 e. The van der Waals surface area contributed by atoms with Crippen LogP contribution in [0.4, 0.5) is 19.2 Å². The Bertz CT molecular complexity index is 178. The lowest BCUT2D eigenvalue weighted by atomic mass is 11.5. The van der Waals surface area contributed by atoms with Gasteiger partial charge in [-0.15, -0.1) is 0 Å². The van der Waals surface area contributed by atoms with Crippen molar-refractivity contribution < 1.29 is 19.2 Å². The van der Waals surface area contributed by atoms with Crippen LogP contribution in [0.3, 0.4) is 0 Å². The second-order valence-electron chi connectivity index (χ2n) is 1.35. The molecule has 0 bridgehead atoms. The molecule has 104 valence electrons. The van der Waals surface area contributed by atoms with Gasteiger partial charge in [0.05, 0.1) is 0 Å². The summed E-state index contributed by atoms with van der Waals surface area (Å²) in [7, 11) is 0. The van der Waals surface area contributed by atoms with Crippen molar-refractivity contribution in [3.05, 3.63) is 0 Å². The van der Waals surface area contributed by atoms with Gasteiger partial charge in [-0.3, -0.25) is 19.2 Å². The third-order valence-corrected chi connectivity index (χ3v) is 0. The highest BCUT2D eigenvalue weighted by Gasteiger charge is 1.64. The Morgan fingerprint density at radius 1 is 0.529 bits per heavy atom. The highest BCUT2D eigenvalue weighted by Crippen LogP contribution is 1.61. The van der Waals surface area contributed by atoms with Crippen LogP contribution in [0.15, 0.2) is 0 Å². The molecule has 0 fully saturated rings. The topological polar surface area (TPSA) is 172 Å². The average Bonchev–Trinajstić information content (AvgIpc) is 1.76. The summed E-state index contributed by atoms with van der Waals surface area (Å²) in [5, 5.41) is -2.56. The Morgan fingerprint density at radius 3 is 0.529 bits per heavy atom. The summed E-state index contributed by atoms with van der Waals surface area (Å²) in [6.07, 6.45) is 0. The molecule has 4 amide bonds. The van der Waals surface area contributed by atoms with Crippen molar-refractivity contribution in [3.8, 4) is 0 Å². The van der Waals surface area contributed by atoms with E-state index in [0.29, 0.717) is 0 Å². The fourth-order valence-corrected chi connectivity index (χ4v) is 0. The standard InChI is InChI=1S/4CH3NOS.H4Si/c4*2-1(3)4;/h4*(H3,2,3,4);1H4. The maximum Gasteiger partial charge on any atom is 0.273 e. The highest BCUT2D eigenvalue weighted by molar-refractivity contribution is 7.97. The molecule has 0 unspecified atom stereocenters. The van der Waals surface area contributed by atoms with Crippen LogP contribution in [0.1, 0.15) is 0 Å². The van der Waals surface area contributed by atoms with Crippen LogP contribution >= 0.6 is 50.5 Å². The van der Waals surface area contributed by atoms with Gasteiger partial charge in [-0.2, -0.15) is 0 Å². The van der Waals surface area contributed by atoms with Gasteiger partial charge < -0.3 is 22.9 Å². The lowest BCUT2D eigenvalue weighted by Gasteiger charge is -1.59. The van der Waals surface area contributed by atoms with E-state index in [4.69, 9.17) is 19.2 Å². The average molecular weight is 341 g/mol. The third-order valence-electron chi connectivity index (χ3n) is 0. The van der Waals surface area contributed by atoms with Crippen molar-refractivity contribution in [3.63, 3.8) is 0 Å². The van der Waals surface area contributed by atoms with Crippen LogP contribution in [-0.4, -0.2) is 31.9 Å². The first-order valence-corrected chi connectivity index (χ1v) is 4.65. The summed E-state index contributed by atoms with van der Waals surface area (Å²) >= 11 is 12.4. The summed E-state index contributed by atoms with van der Waals surface area (Å²) in [6, 6.07) is 0. The van der Waals surface area contributed by atoms with Crippen molar-refractivity contribution in [1.82, 2.24) is 0 Å². The van der Waals surface area contributed by atoms with Crippen LogP contribution < -0.4 is 22.9 Å². The summed E-state index contributed by atoms with van der Waals surface area (Å²) in [5.74, 6) is 0. The van der Waals surface area contributed by atoms with Gasteiger partial charge in [0.2, 0.25) is 0 Å². The minimum absolute atomic E-state index is 0. The first-order chi connectivity index (χ1) is 6.93. The zero-order chi connectivity index (χ0) is 14.3. The summed E-state index contributed by atoms with van der Waals surface area (Å²) in [4.78, 5) is 36.3. The number of primary amides is 4. The number of hydrogen-bond acceptors (Lipinski definition) is 4. The van der Waals surface area contributed by atoms with E-state index in [1.165, 1.54) is 0 Å². The molecule has 0 saturated carbocycles. The van der Waals surface area contributed by atoms with Gasteiger partial charge in [0.25, 0.3) is 21.0 Å². The second-order valence-corrected chi connectivity index (χ2v) is 3.12. The number of nitrogens with two attached hydrogens (primary N) is 4. The molecule has 0 aliphatic carbocycles. The first kappa shape index (κ1) is 30.0. The number of hydrogen-bond donors (Lipinski definition) is 8. The molecule has 0 saturated heterocycles. The lowest BCUT2D eigenvalue weighted by molar-refractivity contribution is 0.266. The summed E-state index contributed by atoms with van der Waals surface area (Å²) in [6.45, 7) is 0. The van der Waals surface area contributed by atoms with E-state index < -0.39 is 21.0 Å². The molecule has 0 aromatic rings. The molecule has 8 nitrogen and oxygen atoms in total. The number of rotatable bonds is 0. The quantitative estimate of drug-likeness (QED) is 0.199. The molecule has 0 aromatic carbocycles. The van der Waals surface area contributed by atoms with Crippen molar-refractivity contribution >= 4 is 82.4 Å². The van der Waals surface area contributed by atoms with Crippen LogP contribution in [0, 0.1) is 0 Å². The van der Waals surface area contributed by atoms with Gasteiger partial charge in [0.1, 0.15) is 0 Å². The molecule has 0 heterocycles. The fourth-order valence-electron chi connectivity index (χ4n) is 0. The second kappa shape index (κ2) is 24.6. The predicted molar refractivity (Wildman–Crippen MR) is 85.6 cm³/mol. The van der Waals surface area contributed by atoms with Crippen LogP contribution in [0.25, 0.3) is 0 Å².